The Balaban J connectivity index is 1.65. The quantitative estimate of drug-likeness (QED) is 0.492. The summed E-state index contributed by atoms with van der Waals surface area (Å²) in [6.07, 6.45) is 7.25. The highest BCUT2D eigenvalue weighted by Gasteiger charge is 2.18. The van der Waals surface area contributed by atoms with Crippen LogP contribution in [0.3, 0.4) is 0 Å². The topological polar surface area (TPSA) is 86.4 Å². The summed E-state index contributed by atoms with van der Waals surface area (Å²) >= 11 is 0. The zero-order valence-corrected chi connectivity index (χ0v) is 15.7. The molecular weight excluding hydrogens is 380 g/mol. The normalized spacial score (nSPS) is 11.3. The van der Waals surface area contributed by atoms with Crippen molar-refractivity contribution in [1.29, 1.82) is 0 Å². The zero-order chi connectivity index (χ0) is 20.2. The van der Waals surface area contributed by atoms with Gasteiger partial charge in [-0.3, -0.25) is 0 Å². The van der Waals surface area contributed by atoms with E-state index in [2.05, 4.69) is 25.1 Å². The van der Waals surface area contributed by atoms with Crippen LogP contribution in [-0.2, 0) is 24.2 Å². The maximum Gasteiger partial charge on any atom is 0.159 e. The van der Waals surface area contributed by atoms with E-state index < -0.39 is 11.6 Å². The second-order valence-electron chi connectivity index (χ2n) is 6.39. The molecule has 3 aromatic heterocycles. The minimum Gasteiger partial charge on any atom is -0.383 e. The molecule has 1 N–H and O–H groups in total. The molecule has 0 fully saturated rings. The summed E-state index contributed by atoms with van der Waals surface area (Å²) in [5.41, 5.74) is 1.67. The van der Waals surface area contributed by atoms with Gasteiger partial charge in [-0.1, -0.05) is 0 Å². The summed E-state index contributed by atoms with van der Waals surface area (Å²) in [4.78, 5) is 11.8. The first-order valence-electron chi connectivity index (χ1n) is 9.03. The monoisotopic (exact) mass is 399 g/mol. The number of aromatic nitrogens is 7. The molecule has 29 heavy (non-hydrogen) atoms. The van der Waals surface area contributed by atoms with Crippen molar-refractivity contribution in [3.63, 3.8) is 0 Å². The van der Waals surface area contributed by atoms with Crippen molar-refractivity contribution in [3.05, 3.63) is 60.7 Å². The van der Waals surface area contributed by atoms with Gasteiger partial charge in [0, 0.05) is 44.6 Å². The Labute approximate surface area is 165 Å². The highest BCUT2D eigenvalue weighted by Crippen LogP contribution is 2.30. The third-order valence-electron chi connectivity index (χ3n) is 4.56. The number of imidazole rings is 2. The number of methoxy groups -OCH3 is 1. The molecule has 0 unspecified atom stereocenters. The van der Waals surface area contributed by atoms with Crippen LogP contribution in [0.5, 0.6) is 0 Å². The van der Waals surface area contributed by atoms with Gasteiger partial charge in [-0.2, -0.15) is 0 Å². The van der Waals surface area contributed by atoms with Gasteiger partial charge in [0.2, 0.25) is 0 Å². The van der Waals surface area contributed by atoms with Crippen LogP contribution in [0.25, 0.3) is 22.8 Å². The lowest BCUT2D eigenvalue weighted by molar-refractivity contribution is 0.186. The molecule has 3 heterocycles. The molecule has 10 heteroatoms. The van der Waals surface area contributed by atoms with Gasteiger partial charge in [0.15, 0.2) is 17.5 Å². The van der Waals surface area contributed by atoms with E-state index in [0.717, 1.165) is 18.0 Å². The Bertz CT molecular complexity index is 1090. The van der Waals surface area contributed by atoms with Crippen molar-refractivity contribution in [2.24, 2.45) is 0 Å². The molecule has 0 radical (unpaired) electrons. The number of halogens is 2. The molecular formula is C19H19F2N7O. The highest BCUT2D eigenvalue weighted by molar-refractivity contribution is 5.75. The number of ether oxygens (including phenoxy) is 1. The minimum atomic E-state index is -0.923. The summed E-state index contributed by atoms with van der Waals surface area (Å²) in [5.74, 6) is -0.421. The summed E-state index contributed by atoms with van der Waals surface area (Å²) in [5, 5.41) is 8.14. The smallest absolute Gasteiger partial charge is 0.159 e. The molecule has 0 spiro atoms. The maximum absolute atomic E-state index is 13.8. The van der Waals surface area contributed by atoms with E-state index in [0.29, 0.717) is 48.9 Å². The summed E-state index contributed by atoms with van der Waals surface area (Å²) in [6, 6.07) is 3.72. The number of H-pyrrole nitrogens is 1. The lowest BCUT2D eigenvalue weighted by Gasteiger charge is -2.10. The predicted molar refractivity (Wildman–Crippen MR) is 101 cm³/mol. The van der Waals surface area contributed by atoms with Crippen molar-refractivity contribution in [2.75, 3.05) is 13.7 Å². The number of hydrogen-bond acceptors (Lipinski definition) is 5. The van der Waals surface area contributed by atoms with Crippen LogP contribution in [0.1, 0.15) is 5.82 Å². The molecule has 0 bridgehead atoms. The fraction of sp³-hybridized carbons (Fsp3) is 0.263. The number of hydrogen-bond donors (Lipinski definition) is 1. The second-order valence-corrected chi connectivity index (χ2v) is 6.39. The number of rotatable bonds is 8. The van der Waals surface area contributed by atoms with Gasteiger partial charge in [-0.25, -0.2) is 18.7 Å². The number of nitrogens with one attached hydrogen (secondary N) is 1. The Hall–Kier alpha value is -3.40. The second kappa shape index (κ2) is 8.31. The molecule has 1 aromatic carbocycles. The van der Waals surface area contributed by atoms with E-state index in [9.17, 15) is 8.78 Å². The molecule has 0 aliphatic heterocycles. The molecule has 0 amide bonds. The van der Waals surface area contributed by atoms with E-state index in [1.807, 2.05) is 9.13 Å². The average molecular weight is 399 g/mol. The molecule has 150 valence electrons. The van der Waals surface area contributed by atoms with Crippen molar-refractivity contribution in [3.8, 4) is 22.8 Å². The van der Waals surface area contributed by atoms with E-state index in [1.165, 1.54) is 6.07 Å². The molecule has 4 aromatic rings. The third-order valence-corrected chi connectivity index (χ3v) is 4.56. The Morgan fingerprint density at radius 1 is 1.07 bits per heavy atom. The van der Waals surface area contributed by atoms with E-state index in [1.54, 1.807) is 32.2 Å². The first-order chi connectivity index (χ1) is 14.2. The minimum absolute atomic E-state index is 0.470. The first-order valence-corrected chi connectivity index (χ1v) is 9.03. The lowest BCUT2D eigenvalue weighted by atomic mass is 10.1. The van der Waals surface area contributed by atoms with Crippen LogP contribution < -0.4 is 0 Å². The van der Waals surface area contributed by atoms with Gasteiger partial charge in [-0.05, 0) is 18.2 Å². The highest BCUT2D eigenvalue weighted by atomic mass is 19.2. The fourth-order valence-corrected chi connectivity index (χ4v) is 3.12. The zero-order valence-electron chi connectivity index (χ0n) is 15.7. The number of nitrogens with zero attached hydrogens (tertiary/aromatic N) is 6. The Kier molecular flexibility index (Phi) is 5.43. The van der Waals surface area contributed by atoms with Crippen molar-refractivity contribution >= 4 is 0 Å². The molecule has 4 rings (SSSR count). The summed E-state index contributed by atoms with van der Waals surface area (Å²) in [6.45, 7) is 1.78. The van der Waals surface area contributed by atoms with Gasteiger partial charge < -0.3 is 18.9 Å². The lowest BCUT2D eigenvalue weighted by Crippen LogP contribution is -2.11. The maximum atomic E-state index is 13.8. The standard InChI is InChI=1S/C19H19F2N7O/c1-29-9-8-27-12-25-26-16(27)4-7-28-11-24-17(18(28)19-22-5-6-23-19)13-2-3-14(20)15(21)10-13/h2-3,5-6,10-12H,4,7-9H2,1H3,(H,22,23). The average Bonchev–Trinajstić information content (AvgIpc) is 3.47. The van der Waals surface area contributed by atoms with Crippen molar-refractivity contribution in [1.82, 2.24) is 34.3 Å². The molecule has 0 aliphatic rings. The molecule has 0 atom stereocenters. The van der Waals surface area contributed by atoms with Crippen LogP contribution in [0.4, 0.5) is 8.78 Å². The van der Waals surface area contributed by atoms with Crippen molar-refractivity contribution in [2.45, 2.75) is 19.5 Å². The van der Waals surface area contributed by atoms with Crippen LogP contribution in [0, 0.1) is 11.6 Å². The van der Waals surface area contributed by atoms with E-state index in [4.69, 9.17) is 4.74 Å². The van der Waals surface area contributed by atoms with Gasteiger partial charge in [0.05, 0.1) is 18.6 Å². The predicted octanol–water partition coefficient (Wildman–Crippen LogP) is 2.70. The number of aryl methyl sites for hydroxylation is 2. The van der Waals surface area contributed by atoms with Crippen molar-refractivity contribution < 1.29 is 13.5 Å². The van der Waals surface area contributed by atoms with Crippen LogP contribution in [0.15, 0.2) is 43.2 Å². The summed E-state index contributed by atoms with van der Waals surface area (Å²) < 4.78 is 36.1. The first kappa shape index (κ1) is 18.9. The summed E-state index contributed by atoms with van der Waals surface area (Å²) in [7, 11) is 1.64. The molecule has 0 saturated heterocycles. The van der Waals surface area contributed by atoms with Gasteiger partial charge >= 0.3 is 0 Å². The molecule has 8 nitrogen and oxygen atoms in total. The fourth-order valence-electron chi connectivity index (χ4n) is 3.12. The van der Waals surface area contributed by atoms with Crippen LogP contribution in [0.2, 0.25) is 0 Å². The largest absolute Gasteiger partial charge is 0.383 e. The Morgan fingerprint density at radius 3 is 2.72 bits per heavy atom. The van der Waals surface area contributed by atoms with E-state index in [-0.39, 0.29) is 0 Å². The van der Waals surface area contributed by atoms with E-state index >= 15 is 0 Å². The van der Waals surface area contributed by atoms with Gasteiger partial charge in [0.1, 0.15) is 17.8 Å². The third kappa shape index (κ3) is 3.92. The Morgan fingerprint density at radius 2 is 1.97 bits per heavy atom. The molecule has 0 saturated carbocycles. The molecule has 0 aliphatic carbocycles. The van der Waals surface area contributed by atoms with Crippen LogP contribution in [-0.4, -0.2) is 48.0 Å². The number of aromatic amines is 1. The van der Waals surface area contributed by atoms with Gasteiger partial charge in [-0.15, -0.1) is 10.2 Å². The number of benzene rings is 1. The van der Waals surface area contributed by atoms with Gasteiger partial charge in [0.25, 0.3) is 0 Å². The van der Waals surface area contributed by atoms with Crippen LogP contribution >= 0.6 is 0 Å². The SMILES string of the molecule is COCCn1cnnc1CCn1cnc(-c2ccc(F)c(F)c2)c1-c1ncc[nH]1.